The molecule has 1 aliphatic heterocycles. The summed E-state index contributed by atoms with van der Waals surface area (Å²) < 4.78 is 5.53. The van der Waals surface area contributed by atoms with Crippen molar-refractivity contribution in [1.82, 2.24) is 4.90 Å². The number of hydrogen-bond donors (Lipinski definition) is 0. The van der Waals surface area contributed by atoms with Crippen LogP contribution in [0.4, 0.5) is 0 Å². The molecule has 0 bridgehead atoms. The Morgan fingerprint density at radius 1 is 1.38 bits per heavy atom. The van der Waals surface area contributed by atoms with E-state index in [0.717, 1.165) is 25.9 Å². The monoisotopic (exact) mass is 309 g/mol. The summed E-state index contributed by atoms with van der Waals surface area (Å²) in [6, 6.07) is 7.14. The van der Waals surface area contributed by atoms with E-state index in [2.05, 4.69) is 20.8 Å². The lowest BCUT2D eigenvalue weighted by Crippen LogP contribution is -2.45. The quantitative estimate of drug-likeness (QED) is 0.841. The first-order valence-electron chi connectivity index (χ1n) is 7.57. The largest absolute Gasteiger partial charge is 0.484 e. The van der Waals surface area contributed by atoms with Crippen LogP contribution < -0.4 is 4.74 Å². The molecule has 0 aliphatic carbocycles. The standard InChI is InChI=1S/C17H24ClNO2/c1-13(2)17(3)7-9-19(10-8-17)16(20)12-21-15-6-4-5-14(18)11-15/h4-6,11,13H,7-10,12H2,1-3H3. The minimum absolute atomic E-state index is 0.0563. The Kier molecular flexibility index (Phi) is 5.15. The van der Waals surface area contributed by atoms with Gasteiger partial charge in [0.05, 0.1) is 0 Å². The first kappa shape index (κ1) is 16.2. The lowest BCUT2D eigenvalue weighted by molar-refractivity contribution is -0.136. The van der Waals surface area contributed by atoms with E-state index >= 15 is 0 Å². The van der Waals surface area contributed by atoms with E-state index in [9.17, 15) is 4.79 Å². The summed E-state index contributed by atoms with van der Waals surface area (Å²) in [4.78, 5) is 14.1. The second-order valence-corrected chi connectivity index (χ2v) is 6.87. The topological polar surface area (TPSA) is 29.5 Å². The molecule has 2 rings (SSSR count). The van der Waals surface area contributed by atoms with Gasteiger partial charge in [-0.05, 0) is 42.4 Å². The summed E-state index contributed by atoms with van der Waals surface area (Å²) in [6.07, 6.45) is 2.13. The van der Waals surface area contributed by atoms with Gasteiger partial charge in [0.2, 0.25) is 0 Å². The SMILES string of the molecule is CC(C)C1(C)CCN(C(=O)COc2cccc(Cl)c2)CC1. The molecule has 1 aromatic carbocycles. The van der Waals surface area contributed by atoms with Crippen molar-refractivity contribution < 1.29 is 9.53 Å². The predicted octanol–water partition coefficient (Wildman–Crippen LogP) is 4.00. The maximum Gasteiger partial charge on any atom is 0.260 e. The summed E-state index contributed by atoms with van der Waals surface area (Å²) in [5.41, 5.74) is 0.352. The van der Waals surface area contributed by atoms with E-state index in [1.54, 1.807) is 12.1 Å². The van der Waals surface area contributed by atoms with Gasteiger partial charge in [-0.1, -0.05) is 38.4 Å². The van der Waals surface area contributed by atoms with Crippen molar-refractivity contribution in [2.75, 3.05) is 19.7 Å². The molecule has 116 valence electrons. The van der Waals surface area contributed by atoms with Crippen molar-refractivity contribution in [3.63, 3.8) is 0 Å². The third-order valence-corrected chi connectivity index (χ3v) is 5.05. The second kappa shape index (κ2) is 6.69. The summed E-state index contributed by atoms with van der Waals surface area (Å²) in [7, 11) is 0. The molecule has 0 spiro atoms. The van der Waals surface area contributed by atoms with Crippen molar-refractivity contribution in [1.29, 1.82) is 0 Å². The molecule has 0 atom stereocenters. The van der Waals surface area contributed by atoms with Crippen LogP contribution in [0.15, 0.2) is 24.3 Å². The maximum atomic E-state index is 12.2. The Labute approximate surface area is 132 Å². The molecule has 0 unspecified atom stereocenters. The molecule has 1 fully saturated rings. The van der Waals surface area contributed by atoms with Gasteiger partial charge < -0.3 is 9.64 Å². The number of carbonyl (C=O) groups excluding carboxylic acids is 1. The molecule has 3 nitrogen and oxygen atoms in total. The van der Waals surface area contributed by atoms with Gasteiger partial charge in [-0.15, -0.1) is 0 Å². The van der Waals surface area contributed by atoms with Crippen LogP contribution in [-0.2, 0) is 4.79 Å². The summed E-state index contributed by atoms with van der Waals surface area (Å²) >= 11 is 5.89. The lowest BCUT2D eigenvalue weighted by atomic mass is 9.72. The van der Waals surface area contributed by atoms with Crippen molar-refractivity contribution in [3.8, 4) is 5.75 Å². The van der Waals surface area contributed by atoms with Crippen molar-refractivity contribution in [2.45, 2.75) is 33.6 Å². The van der Waals surface area contributed by atoms with Crippen LogP contribution in [0.5, 0.6) is 5.75 Å². The summed E-state index contributed by atoms with van der Waals surface area (Å²) in [6.45, 7) is 8.58. The molecule has 21 heavy (non-hydrogen) atoms. The summed E-state index contributed by atoms with van der Waals surface area (Å²) in [5, 5.41) is 0.616. The third kappa shape index (κ3) is 4.13. The number of hydrogen-bond acceptors (Lipinski definition) is 2. The minimum Gasteiger partial charge on any atom is -0.484 e. The molecular formula is C17H24ClNO2. The number of piperidine rings is 1. The average molecular weight is 310 g/mol. The van der Waals surface area contributed by atoms with Gasteiger partial charge in [0.1, 0.15) is 5.75 Å². The zero-order valence-corrected chi connectivity index (χ0v) is 13.8. The first-order valence-corrected chi connectivity index (χ1v) is 7.95. The Morgan fingerprint density at radius 3 is 2.62 bits per heavy atom. The van der Waals surface area contributed by atoms with E-state index < -0.39 is 0 Å². The van der Waals surface area contributed by atoms with Gasteiger partial charge in [-0.2, -0.15) is 0 Å². The highest BCUT2D eigenvalue weighted by atomic mass is 35.5. The zero-order valence-electron chi connectivity index (χ0n) is 13.1. The Bertz CT molecular complexity index is 493. The van der Waals surface area contributed by atoms with Gasteiger partial charge in [0, 0.05) is 18.1 Å². The van der Waals surface area contributed by atoms with Crippen LogP contribution in [0.3, 0.4) is 0 Å². The molecular weight excluding hydrogens is 286 g/mol. The highest BCUT2D eigenvalue weighted by Crippen LogP contribution is 2.37. The van der Waals surface area contributed by atoms with Gasteiger partial charge in [-0.25, -0.2) is 0 Å². The second-order valence-electron chi connectivity index (χ2n) is 6.44. The van der Waals surface area contributed by atoms with E-state index in [-0.39, 0.29) is 12.5 Å². The Morgan fingerprint density at radius 2 is 2.05 bits per heavy atom. The van der Waals surface area contributed by atoms with Gasteiger partial charge >= 0.3 is 0 Å². The molecule has 0 radical (unpaired) electrons. The van der Waals surface area contributed by atoms with Crippen LogP contribution in [0.1, 0.15) is 33.6 Å². The number of benzene rings is 1. The van der Waals surface area contributed by atoms with Crippen LogP contribution in [0, 0.1) is 11.3 Å². The number of halogens is 1. The molecule has 0 saturated carbocycles. The highest BCUT2D eigenvalue weighted by Gasteiger charge is 2.34. The molecule has 4 heteroatoms. The van der Waals surface area contributed by atoms with Crippen molar-refractivity contribution in [2.24, 2.45) is 11.3 Å². The van der Waals surface area contributed by atoms with Gasteiger partial charge in [0.25, 0.3) is 5.91 Å². The molecule has 0 N–H and O–H groups in total. The van der Waals surface area contributed by atoms with Crippen LogP contribution in [-0.4, -0.2) is 30.5 Å². The molecule has 1 aromatic rings. The fourth-order valence-corrected chi connectivity index (χ4v) is 2.82. The van der Waals surface area contributed by atoms with Gasteiger partial charge in [-0.3, -0.25) is 4.79 Å². The van der Waals surface area contributed by atoms with Crippen LogP contribution >= 0.6 is 11.6 Å². The van der Waals surface area contributed by atoms with Crippen molar-refractivity contribution in [3.05, 3.63) is 29.3 Å². The van der Waals surface area contributed by atoms with E-state index in [4.69, 9.17) is 16.3 Å². The number of carbonyl (C=O) groups is 1. The smallest absolute Gasteiger partial charge is 0.260 e. The number of amides is 1. The number of likely N-dealkylation sites (tertiary alicyclic amines) is 1. The molecule has 0 aromatic heterocycles. The molecule has 1 amide bonds. The van der Waals surface area contributed by atoms with E-state index in [1.807, 2.05) is 17.0 Å². The predicted molar refractivity (Wildman–Crippen MR) is 85.7 cm³/mol. The Hall–Kier alpha value is -1.22. The van der Waals surface area contributed by atoms with Crippen LogP contribution in [0.2, 0.25) is 5.02 Å². The fourth-order valence-electron chi connectivity index (χ4n) is 2.64. The van der Waals surface area contributed by atoms with Gasteiger partial charge in [0.15, 0.2) is 6.61 Å². The summed E-state index contributed by atoms with van der Waals surface area (Å²) in [5.74, 6) is 1.35. The van der Waals surface area contributed by atoms with E-state index in [0.29, 0.717) is 22.1 Å². The molecule has 1 heterocycles. The number of ether oxygens (including phenoxy) is 1. The van der Waals surface area contributed by atoms with E-state index in [1.165, 1.54) is 0 Å². The maximum absolute atomic E-state index is 12.2. The normalized spacial score (nSPS) is 17.9. The number of rotatable bonds is 4. The highest BCUT2D eigenvalue weighted by molar-refractivity contribution is 6.30. The Balaban J connectivity index is 1.83. The molecule has 1 saturated heterocycles. The third-order valence-electron chi connectivity index (χ3n) is 4.81. The fraction of sp³-hybridized carbons (Fsp3) is 0.588. The van der Waals surface area contributed by atoms with Crippen LogP contribution in [0.25, 0.3) is 0 Å². The molecule has 1 aliphatic rings. The first-order chi connectivity index (χ1) is 9.90. The number of nitrogens with zero attached hydrogens (tertiary/aromatic N) is 1. The lowest BCUT2D eigenvalue weighted by Gasteiger charge is -2.42. The average Bonchev–Trinajstić information content (AvgIpc) is 2.45. The van der Waals surface area contributed by atoms with Crippen molar-refractivity contribution >= 4 is 17.5 Å². The minimum atomic E-state index is 0.0563. The zero-order chi connectivity index (χ0) is 15.5.